The van der Waals surface area contributed by atoms with Crippen LogP contribution in [0.4, 0.5) is 15.9 Å². The molecule has 1 saturated carbocycles. The molecule has 164 valence electrons. The number of aliphatic hydroxyl groups excluding tert-OH is 1. The molecule has 0 spiro atoms. The number of nitrogens with zero attached hydrogens (tertiary/aromatic N) is 4. The van der Waals surface area contributed by atoms with Crippen LogP contribution in [-0.4, -0.2) is 66.5 Å². The van der Waals surface area contributed by atoms with Crippen LogP contribution in [0.1, 0.15) is 40.2 Å². The minimum Gasteiger partial charge on any atom is -0.361 e. The highest BCUT2D eigenvalue weighted by Gasteiger charge is 2.28. The maximum atomic E-state index is 14.7. The maximum Gasteiger partial charge on any atom is 0.256 e. The number of halogens is 1. The molecule has 3 fully saturated rings. The predicted molar refractivity (Wildman–Crippen MR) is 117 cm³/mol. The number of amides is 1. The van der Waals surface area contributed by atoms with Crippen molar-refractivity contribution < 1.29 is 14.3 Å². The van der Waals surface area contributed by atoms with Gasteiger partial charge in [0.15, 0.2) is 6.35 Å². The van der Waals surface area contributed by atoms with E-state index in [9.17, 15) is 14.3 Å². The third-order valence-corrected chi connectivity index (χ3v) is 6.48. The van der Waals surface area contributed by atoms with Gasteiger partial charge in [0.25, 0.3) is 5.91 Å². The summed E-state index contributed by atoms with van der Waals surface area (Å²) >= 11 is 0. The molecule has 31 heavy (non-hydrogen) atoms. The molecule has 1 aromatic carbocycles. The number of benzene rings is 1. The lowest BCUT2D eigenvalue weighted by Gasteiger charge is -2.36. The fourth-order valence-corrected chi connectivity index (χ4v) is 4.52. The van der Waals surface area contributed by atoms with Crippen LogP contribution in [0.3, 0.4) is 0 Å². The van der Waals surface area contributed by atoms with Gasteiger partial charge in [-0.15, -0.1) is 0 Å². The minimum atomic E-state index is -0.829. The largest absolute Gasteiger partial charge is 0.361 e. The van der Waals surface area contributed by atoms with Crippen LogP contribution in [0.25, 0.3) is 0 Å². The Kier molecular flexibility index (Phi) is 5.27. The lowest BCUT2D eigenvalue weighted by atomic mass is 10.1. The second-order valence-corrected chi connectivity index (χ2v) is 8.65. The van der Waals surface area contributed by atoms with Crippen LogP contribution in [-0.2, 0) is 0 Å². The number of rotatable bonds is 4. The first-order valence-corrected chi connectivity index (χ1v) is 11.0. The third kappa shape index (κ3) is 3.97. The van der Waals surface area contributed by atoms with Crippen molar-refractivity contribution in [2.45, 2.75) is 32.0 Å². The first-order valence-electron chi connectivity index (χ1n) is 11.0. The average Bonchev–Trinajstić information content (AvgIpc) is 3.54. The van der Waals surface area contributed by atoms with E-state index >= 15 is 0 Å². The van der Waals surface area contributed by atoms with Crippen molar-refractivity contribution in [3.05, 3.63) is 53.0 Å². The lowest BCUT2D eigenvalue weighted by Crippen LogP contribution is -2.49. The molecule has 1 aliphatic carbocycles. The Bertz CT molecular complexity index is 988. The third-order valence-electron chi connectivity index (χ3n) is 6.48. The number of nitrogens with one attached hydrogen (secondary N) is 1. The van der Waals surface area contributed by atoms with Gasteiger partial charge in [-0.05, 0) is 55.0 Å². The zero-order chi connectivity index (χ0) is 21.5. The molecular formula is C23H28FN5O2. The second kappa shape index (κ2) is 8.09. The average molecular weight is 426 g/mol. The monoisotopic (exact) mass is 425 g/mol. The number of carbonyl (C=O) groups is 1. The molecule has 8 heteroatoms. The van der Waals surface area contributed by atoms with Crippen molar-refractivity contribution in [2.75, 3.05) is 49.1 Å². The van der Waals surface area contributed by atoms with Crippen LogP contribution < -0.4 is 15.1 Å². The van der Waals surface area contributed by atoms with E-state index in [-0.39, 0.29) is 11.5 Å². The molecule has 3 heterocycles. The molecule has 1 aromatic heterocycles. The molecule has 5 rings (SSSR count). The van der Waals surface area contributed by atoms with E-state index in [0.29, 0.717) is 50.9 Å². The molecule has 1 amide bonds. The SMILES string of the molecule is Cc1cc(C2CC2)cnc1N1CCN(C(=O)c2ccc(N3CCNC3O)cc2F)CC1. The van der Waals surface area contributed by atoms with Crippen molar-refractivity contribution in [1.29, 1.82) is 0 Å². The summed E-state index contributed by atoms with van der Waals surface area (Å²) in [6.07, 6.45) is 3.67. The number of carbonyl (C=O) groups excluding carboxylic acids is 1. The number of pyridine rings is 1. The van der Waals surface area contributed by atoms with Gasteiger partial charge in [-0.25, -0.2) is 9.37 Å². The van der Waals surface area contributed by atoms with Crippen molar-refractivity contribution in [2.24, 2.45) is 0 Å². The highest BCUT2D eigenvalue weighted by atomic mass is 19.1. The molecule has 2 aliphatic heterocycles. The number of aromatic nitrogens is 1. The van der Waals surface area contributed by atoms with Crippen molar-refractivity contribution in [3.63, 3.8) is 0 Å². The van der Waals surface area contributed by atoms with Crippen molar-refractivity contribution in [3.8, 4) is 0 Å². The molecule has 2 saturated heterocycles. The van der Waals surface area contributed by atoms with E-state index in [2.05, 4.69) is 23.2 Å². The molecule has 1 atom stereocenters. The van der Waals surface area contributed by atoms with Crippen LogP contribution in [0.15, 0.2) is 30.5 Å². The van der Waals surface area contributed by atoms with Crippen LogP contribution in [0.5, 0.6) is 0 Å². The van der Waals surface area contributed by atoms with E-state index in [1.165, 1.54) is 36.1 Å². The first-order chi connectivity index (χ1) is 15.0. The standard InChI is InChI=1S/C23H28FN5O2/c1-15-12-17(16-2-3-16)14-26-21(15)27-8-10-28(11-9-27)22(30)19-5-4-18(13-20(19)24)29-7-6-25-23(29)31/h4-5,12-14,16,23,25,31H,2-3,6-11H2,1H3. The predicted octanol–water partition coefficient (Wildman–Crippen LogP) is 2.05. The van der Waals surface area contributed by atoms with Gasteiger partial charge in [0, 0.05) is 51.2 Å². The van der Waals surface area contributed by atoms with E-state index in [1.54, 1.807) is 15.9 Å². The number of anilines is 2. The topological polar surface area (TPSA) is 71.9 Å². The summed E-state index contributed by atoms with van der Waals surface area (Å²) in [4.78, 5) is 23.2. The molecule has 0 bridgehead atoms. The van der Waals surface area contributed by atoms with Gasteiger partial charge in [-0.3, -0.25) is 10.1 Å². The van der Waals surface area contributed by atoms with Crippen LogP contribution in [0.2, 0.25) is 0 Å². The fourth-order valence-electron chi connectivity index (χ4n) is 4.52. The number of piperazine rings is 1. The van der Waals surface area contributed by atoms with E-state index < -0.39 is 12.2 Å². The van der Waals surface area contributed by atoms with Gasteiger partial charge in [-0.2, -0.15) is 0 Å². The number of aliphatic hydroxyl groups is 1. The molecule has 2 aromatic rings. The van der Waals surface area contributed by atoms with E-state index in [4.69, 9.17) is 4.98 Å². The Labute approximate surface area is 181 Å². The molecule has 3 aliphatic rings. The quantitative estimate of drug-likeness (QED) is 0.781. The molecule has 1 unspecified atom stereocenters. The first kappa shape index (κ1) is 20.2. The summed E-state index contributed by atoms with van der Waals surface area (Å²) < 4.78 is 14.7. The number of aryl methyl sites for hydroxylation is 1. The fraction of sp³-hybridized carbons (Fsp3) is 0.478. The second-order valence-electron chi connectivity index (χ2n) is 8.65. The van der Waals surface area contributed by atoms with Gasteiger partial charge in [0.05, 0.1) is 5.56 Å². The molecule has 0 radical (unpaired) electrons. The summed E-state index contributed by atoms with van der Waals surface area (Å²) in [5.41, 5.74) is 3.13. The summed E-state index contributed by atoms with van der Waals surface area (Å²) in [5, 5.41) is 12.8. The normalized spacial score (nSPS) is 21.6. The van der Waals surface area contributed by atoms with Gasteiger partial charge in [0.1, 0.15) is 11.6 Å². The van der Waals surface area contributed by atoms with Crippen molar-refractivity contribution >= 4 is 17.4 Å². The summed E-state index contributed by atoms with van der Waals surface area (Å²) in [5.74, 6) is 0.806. The minimum absolute atomic E-state index is 0.0712. The van der Waals surface area contributed by atoms with Gasteiger partial charge < -0.3 is 19.8 Å². The number of hydrogen-bond acceptors (Lipinski definition) is 6. The van der Waals surface area contributed by atoms with Gasteiger partial charge in [0.2, 0.25) is 0 Å². The Hall–Kier alpha value is -2.71. The summed E-state index contributed by atoms with van der Waals surface area (Å²) in [6, 6.07) is 6.78. The Morgan fingerprint density at radius 3 is 2.55 bits per heavy atom. The zero-order valence-electron chi connectivity index (χ0n) is 17.7. The maximum absolute atomic E-state index is 14.7. The van der Waals surface area contributed by atoms with Crippen LogP contribution in [0, 0.1) is 12.7 Å². The van der Waals surface area contributed by atoms with Gasteiger partial charge >= 0.3 is 0 Å². The Morgan fingerprint density at radius 1 is 1.16 bits per heavy atom. The van der Waals surface area contributed by atoms with Crippen molar-refractivity contribution in [1.82, 2.24) is 15.2 Å². The summed E-state index contributed by atoms with van der Waals surface area (Å²) in [6.45, 7) is 5.72. The Morgan fingerprint density at radius 2 is 1.94 bits per heavy atom. The lowest BCUT2D eigenvalue weighted by molar-refractivity contribution is 0.0742. The molecule has 2 N–H and O–H groups in total. The van der Waals surface area contributed by atoms with E-state index in [1.807, 2.05) is 6.20 Å². The van der Waals surface area contributed by atoms with Crippen LogP contribution >= 0.6 is 0 Å². The molecule has 7 nitrogen and oxygen atoms in total. The van der Waals surface area contributed by atoms with E-state index in [0.717, 1.165) is 5.82 Å². The summed E-state index contributed by atoms with van der Waals surface area (Å²) in [7, 11) is 0. The highest BCUT2D eigenvalue weighted by Crippen LogP contribution is 2.40. The number of hydrogen-bond donors (Lipinski definition) is 2. The molecular weight excluding hydrogens is 397 g/mol. The highest BCUT2D eigenvalue weighted by molar-refractivity contribution is 5.95. The van der Waals surface area contributed by atoms with Gasteiger partial charge in [-0.1, -0.05) is 6.07 Å². The smallest absolute Gasteiger partial charge is 0.256 e. The Balaban J connectivity index is 1.24. The zero-order valence-corrected chi connectivity index (χ0v) is 17.7.